The Kier molecular flexibility index (Phi) is 3.71. The lowest BCUT2D eigenvalue weighted by molar-refractivity contribution is -0.122. The van der Waals surface area contributed by atoms with E-state index in [4.69, 9.17) is 5.73 Å². The summed E-state index contributed by atoms with van der Waals surface area (Å²) in [5, 5.41) is 7.18. The van der Waals surface area contributed by atoms with Gasteiger partial charge in [-0.25, -0.2) is 0 Å². The normalized spacial score (nSPS) is 17.9. The predicted molar refractivity (Wildman–Crippen MR) is 69.8 cm³/mol. The first-order valence-corrected chi connectivity index (χ1v) is 6.53. The number of amides is 1. The molecule has 2 rings (SSSR count). The van der Waals surface area contributed by atoms with E-state index < -0.39 is 0 Å². The van der Waals surface area contributed by atoms with Crippen LogP contribution in [0.25, 0.3) is 0 Å². The summed E-state index contributed by atoms with van der Waals surface area (Å²) in [7, 11) is 1.88. The number of aryl methyl sites for hydroxylation is 2. The van der Waals surface area contributed by atoms with Gasteiger partial charge in [-0.1, -0.05) is 12.8 Å². The van der Waals surface area contributed by atoms with Gasteiger partial charge in [-0.2, -0.15) is 5.10 Å². The van der Waals surface area contributed by atoms with Crippen molar-refractivity contribution in [3.8, 4) is 0 Å². The Morgan fingerprint density at radius 2 is 2.22 bits per heavy atom. The lowest BCUT2D eigenvalue weighted by Gasteiger charge is -2.22. The van der Waals surface area contributed by atoms with Crippen LogP contribution < -0.4 is 11.1 Å². The summed E-state index contributed by atoms with van der Waals surface area (Å²) in [4.78, 5) is 11.9. The van der Waals surface area contributed by atoms with Crippen LogP contribution in [0.4, 0.5) is 0 Å². The molecule has 1 aliphatic carbocycles. The van der Waals surface area contributed by atoms with Crippen LogP contribution in [0.15, 0.2) is 6.20 Å². The zero-order chi connectivity index (χ0) is 13.2. The highest BCUT2D eigenvalue weighted by molar-refractivity contribution is 5.77. The van der Waals surface area contributed by atoms with Crippen molar-refractivity contribution < 1.29 is 4.79 Å². The van der Waals surface area contributed by atoms with Crippen LogP contribution in [0, 0.1) is 6.92 Å². The standard InChI is InChI=1S/C13H22N4O/c1-10-11(9-17(2)16-10)8-15-12(18)7-13(14)5-3-4-6-13/h9H,3-8,14H2,1-2H3,(H,15,18). The van der Waals surface area contributed by atoms with Crippen molar-refractivity contribution in [2.45, 2.75) is 51.1 Å². The molecule has 1 fully saturated rings. The molecule has 0 spiro atoms. The smallest absolute Gasteiger partial charge is 0.222 e. The van der Waals surface area contributed by atoms with E-state index in [1.807, 2.05) is 20.2 Å². The van der Waals surface area contributed by atoms with Crippen molar-refractivity contribution in [3.63, 3.8) is 0 Å². The molecule has 3 N–H and O–H groups in total. The molecule has 1 aliphatic rings. The fraction of sp³-hybridized carbons (Fsp3) is 0.692. The second-order valence-corrected chi connectivity index (χ2v) is 5.44. The van der Waals surface area contributed by atoms with Crippen LogP contribution in [-0.4, -0.2) is 21.2 Å². The molecule has 1 heterocycles. The molecule has 5 nitrogen and oxygen atoms in total. The van der Waals surface area contributed by atoms with E-state index in [9.17, 15) is 4.79 Å². The van der Waals surface area contributed by atoms with Crippen molar-refractivity contribution in [2.24, 2.45) is 12.8 Å². The Balaban J connectivity index is 1.83. The number of hydrogen-bond donors (Lipinski definition) is 2. The lowest BCUT2D eigenvalue weighted by Crippen LogP contribution is -2.42. The second-order valence-electron chi connectivity index (χ2n) is 5.44. The average Bonchev–Trinajstić information content (AvgIpc) is 2.82. The van der Waals surface area contributed by atoms with E-state index in [-0.39, 0.29) is 11.4 Å². The Morgan fingerprint density at radius 3 is 2.78 bits per heavy atom. The highest BCUT2D eigenvalue weighted by atomic mass is 16.1. The molecule has 18 heavy (non-hydrogen) atoms. The third kappa shape index (κ3) is 3.10. The van der Waals surface area contributed by atoms with Crippen LogP contribution in [0.1, 0.15) is 43.4 Å². The quantitative estimate of drug-likeness (QED) is 0.837. The predicted octanol–water partition coefficient (Wildman–Crippen LogP) is 1.01. The second kappa shape index (κ2) is 5.10. The number of aromatic nitrogens is 2. The van der Waals surface area contributed by atoms with Gasteiger partial charge in [0.25, 0.3) is 0 Å². The zero-order valence-electron chi connectivity index (χ0n) is 11.2. The van der Waals surface area contributed by atoms with E-state index >= 15 is 0 Å². The van der Waals surface area contributed by atoms with Gasteiger partial charge < -0.3 is 11.1 Å². The Hall–Kier alpha value is -1.36. The summed E-state index contributed by atoms with van der Waals surface area (Å²) in [6.45, 7) is 2.48. The van der Waals surface area contributed by atoms with Gasteiger partial charge in [-0.15, -0.1) is 0 Å². The maximum absolute atomic E-state index is 11.9. The highest BCUT2D eigenvalue weighted by Crippen LogP contribution is 2.29. The first-order chi connectivity index (χ1) is 8.48. The van der Waals surface area contributed by atoms with Crippen molar-refractivity contribution >= 4 is 5.91 Å². The van der Waals surface area contributed by atoms with E-state index in [0.29, 0.717) is 13.0 Å². The van der Waals surface area contributed by atoms with Crippen LogP contribution in [0.3, 0.4) is 0 Å². The maximum Gasteiger partial charge on any atom is 0.222 e. The molecule has 0 aliphatic heterocycles. The Morgan fingerprint density at radius 1 is 1.56 bits per heavy atom. The first-order valence-electron chi connectivity index (χ1n) is 6.53. The van der Waals surface area contributed by atoms with Crippen molar-refractivity contribution in [1.82, 2.24) is 15.1 Å². The molecule has 0 bridgehead atoms. The number of hydrogen-bond acceptors (Lipinski definition) is 3. The molecule has 0 radical (unpaired) electrons. The SMILES string of the molecule is Cc1nn(C)cc1CNC(=O)CC1(N)CCCC1. The molecule has 100 valence electrons. The van der Waals surface area contributed by atoms with E-state index in [1.165, 1.54) is 0 Å². The average molecular weight is 250 g/mol. The van der Waals surface area contributed by atoms with Crippen LogP contribution in [-0.2, 0) is 18.4 Å². The molecule has 1 aromatic rings. The van der Waals surface area contributed by atoms with Gasteiger partial charge >= 0.3 is 0 Å². The topological polar surface area (TPSA) is 72.9 Å². The van der Waals surface area contributed by atoms with Gasteiger partial charge in [0.1, 0.15) is 0 Å². The molecular formula is C13H22N4O. The molecule has 1 amide bonds. The monoisotopic (exact) mass is 250 g/mol. The summed E-state index contributed by atoms with van der Waals surface area (Å²) in [5.41, 5.74) is 7.93. The number of nitrogens with zero attached hydrogens (tertiary/aromatic N) is 2. The van der Waals surface area contributed by atoms with Gasteiger partial charge in [0.2, 0.25) is 5.91 Å². The molecule has 1 aromatic heterocycles. The molecule has 0 saturated heterocycles. The van der Waals surface area contributed by atoms with Gasteiger partial charge in [0.05, 0.1) is 5.69 Å². The first kappa shape index (κ1) is 13.1. The van der Waals surface area contributed by atoms with Crippen molar-refractivity contribution in [3.05, 3.63) is 17.5 Å². The minimum Gasteiger partial charge on any atom is -0.352 e. The summed E-state index contributed by atoms with van der Waals surface area (Å²) in [5.74, 6) is 0.0441. The van der Waals surface area contributed by atoms with Gasteiger partial charge in [-0.05, 0) is 19.8 Å². The third-order valence-electron chi connectivity index (χ3n) is 3.70. The molecule has 1 saturated carbocycles. The number of rotatable bonds is 4. The minimum absolute atomic E-state index is 0.0441. The molecule has 0 unspecified atom stereocenters. The van der Waals surface area contributed by atoms with E-state index in [2.05, 4.69) is 10.4 Å². The molecule has 0 atom stereocenters. The lowest BCUT2D eigenvalue weighted by atomic mass is 9.94. The third-order valence-corrected chi connectivity index (χ3v) is 3.70. The van der Waals surface area contributed by atoms with E-state index in [0.717, 1.165) is 36.9 Å². The fourth-order valence-corrected chi connectivity index (χ4v) is 2.65. The van der Waals surface area contributed by atoms with E-state index in [1.54, 1.807) is 4.68 Å². The number of carbonyl (C=O) groups is 1. The molecular weight excluding hydrogens is 228 g/mol. The number of carbonyl (C=O) groups excluding carboxylic acids is 1. The summed E-state index contributed by atoms with van der Waals surface area (Å²) >= 11 is 0. The van der Waals surface area contributed by atoms with Crippen molar-refractivity contribution in [1.29, 1.82) is 0 Å². The molecule has 0 aromatic carbocycles. The molecule has 5 heteroatoms. The number of nitrogens with two attached hydrogens (primary N) is 1. The highest BCUT2D eigenvalue weighted by Gasteiger charge is 2.31. The zero-order valence-corrected chi connectivity index (χ0v) is 11.2. The van der Waals surface area contributed by atoms with Gasteiger partial charge in [0, 0.05) is 37.3 Å². The van der Waals surface area contributed by atoms with Crippen molar-refractivity contribution in [2.75, 3.05) is 0 Å². The summed E-state index contributed by atoms with van der Waals surface area (Å²) in [6, 6.07) is 0. The maximum atomic E-state index is 11.9. The summed E-state index contributed by atoms with van der Waals surface area (Å²) in [6.07, 6.45) is 6.59. The van der Waals surface area contributed by atoms with Gasteiger partial charge in [-0.3, -0.25) is 9.48 Å². The largest absolute Gasteiger partial charge is 0.352 e. The van der Waals surface area contributed by atoms with Crippen LogP contribution in [0.5, 0.6) is 0 Å². The Bertz CT molecular complexity index is 432. The van der Waals surface area contributed by atoms with Crippen LogP contribution >= 0.6 is 0 Å². The summed E-state index contributed by atoms with van der Waals surface area (Å²) < 4.78 is 1.76. The Labute approximate surface area is 108 Å². The number of nitrogens with one attached hydrogen (secondary N) is 1. The minimum atomic E-state index is -0.270. The fourth-order valence-electron chi connectivity index (χ4n) is 2.65. The van der Waals surface area contributed by atoms with Gasteiger partial charge in [0.15, 0.2) is 0 Å². The van der Waals surface area contributed by atoms with Crippen LogP contribution in [0.2, 0.25) is 0 Å².